The largest absolute Gasteiger partial charge is 0.489 e. The van der Waals surface area contributed by atoms with Crippen molar-refractivity contribution < 1.29 is 22.7 Å². The van der Waals surface area contributed by atoms with E-state index in [1.807, 2.05) is 0 Å². The fourth-order valence-corrected chi connectivity index (χ4v) is 3.11. The maximum Gasteiger partial charge on any atom is 0.235 e. The molecule has 152 valence electrons. The lowest BCUT2D eigenvalue weighted by Crippen LogP contribution is -2.08. The molecular formula is C23H15ClF2O4. The lowest BCUT2D eigenvalue weighted by atomic mass is 10.2. The van der Waals surface area contributed by atoms with Gasteiger partial charge in [0.1, 0.15) is 29.5 Å². The van der Waals surface area contributed by atoms with Gasteiger partial charge in [-0.05, 0) is 48.9 Å². The van der Waals surface area contributed by atoms with Crippen LogP contribution < -0.4 is 14.9 Å². The zero-order chi connectivity index (χ0) is 21.3. The highest BCUT2D eigenvalue weighted by Crippen LogP contribution is 2.33. The van der Waals surface area contributed by atoms with Gasteiger partial charge in [-0.15, -0.1) is 0 Å². The van der Waals surface area contributed by atoms with E-state index in [1.54, 1.807) is 24.3 Å². The first-order valence-electron chi connectivity index (χ1n) is 8.99. The van der Waals surface area contributed by atoms with E-state index < -0.39 is 11.2 Å². The summed E-state index contributed by atoms with van der Waals surface area (Å²) in [5.74, 6) is -0.757. The van der Waals surface area contributed by atoms with E-state index in [0.717, 1.165) is 5.56 Å². The zero-order valence-corrected chi connectivity index (χ0v) is 16.5. The first-order chi connectivity index (χ1) is 14.4. The van der Waals surface area contributed by atoms with Gasteiger partial charge in [0.2, 0.25) is 11.2 Å². The van der Waals surface area contributed by atoms with Crippen LogP contribution in [0.5, 0.6) is 17.2 Å². The van der Waals surface area contributed by atoms with Crippen molar-refractivity contribution in [2.45, 2.75) is 13.5 Å². The Kier molecular flexibility index (Phi) is 5.42. The normalized spacial score (nSPS) is 10.9. The highest BCUT2D eigenvalue weighted by atomic mass is 35.5. The van der Waals surface area contributed by atoms with Crippen LogP contribution in [0.4, 0.5) is 8.78 Å². The third-order valence-electron chi connectivity index (χ3n) is 4.43. The average molecular weight is 429 g/mol. The highest BCUT2D eigenvalue weighted by molar-refractivity contribution is 6.32. The molecule has 7 heteroatoms. The Morgan fingerprint density at radius 3 is 2.50 bits per heavy atom. The van der Waals surface area contributed by atoms with Gasteiger partial charge in [0.05, 0.1) is 10.4 Å². The van der Waals surface area contributed by atoms with Crippen LogP contribution in [0.3, 0.4) is 0 Å². The molecule has 0 unspecified atom stereocenters. The standard InChI is InChI=1S/C23H15ClF2O4/c1-13-22(30-23-18(24)3-2-4-19(23)26)21(27)17-10-9-16(11-20(17)29-13)28-12-14-5-7-15(25)8-6-14/h2-11H,12H2,1H3. The summed E-state index contributed by atoms with van der Waals surface area (Å²) in [7, 11) is 0. The summed E-state index contributed by atoms with van der Waals surface area (Å²) < 4.78 is 43.9. The zero-order valence-electron chi connectivity index (χ0n) is 15.7. The van der Waals surface area contributed by atoms with Gasteiger partial charge in [0.25, 0.3) is 0 Å². The van der Waals surface area contributed by atoms with Crippen LogP contribution >= 0.6 is 11.6 Å². The second-order valence-electron chi connectivity index (χ2n) is 6.54. The van der Waals surface area contributed by atoms with Crippen LogP contribution in [0.25, 0.3) is 11.0 Å². The van der Waals surface area contributed by atoms with E-state index in [1.165, 1.54) is 43.3 Å². The molecule has 4 rings (SSSR count). The minimum absolute atomic E-state index is 0.0402. The van der Waals surface area contributed by atoms with Crippen LogP contribution in [0.15, 0.2) is 69.9 Å². The molecular weight excluding hydrogens is 414 g/mol. The lowest BCUT2D eigenvalue weighted by molar-refractivity contribution is 0.306. The molecule has 1 heterocycles. The number of benzene rings is 3. The van der Waals surface area contributed by atoms with E-state index in [0.29, 0.717) is 11.3 Å². The summed E-state index contributed by atoms with van der Waals surface area (Å²) in [5.41, 5.74) is 0.624. The van der Waals surface area contributed by atoms with Crippen molar-refractivity contribution in [1.29, 1.82) is 0 Å². The molecule has 0 atom stereocenters. The van der Waals surface area contributed by atoms with Crippen LogP contribution in [0, 0.1) is 18.6 Å². The van der Waals surface area contributed by atoms with E-state index in [9.17, 15) is 13.6 Å². The third-order valence-corrected chi connectivity index (χ3v) is 4.73. The smallest absolute Gasteiger partial charge is 0.235 e. The molecule has 4 nitrogen and oxygen atoms in total. The lowest BCUT2D eigenvalue weighted by Gasteiger charge is -2.11. The molecule has 3 aromatic carbocycles. The Labute approximate surface area is 175 Å². The third kappa shape index (κ3) is 4.00. The Hall–Kier alpha value is -3.38. The van der Waals surface area contributed by atoms with Crippen molar-refractivity contribution in [1.82, 2.24) is 0 Å². The average Bonchev–Trinajstić information content (AvgIpc) is 2.72. The van der Waals surface area contributed by atoms with Crippen molar-refractivity contribution in [3.63, 3.8) is 0 Å². The maximum absolute atomic E-state index is 14.0. The molecule has 0 amide bonds. The number of halogens is 3. The van der Waals surface area contributed by atoms with E-state index in [-0.39, 0.29) is 40.1 Å². The van der Waals surface area contributed by atoms with Crippen molar-refractivity contribution >= 4 is 22.6 Å². The summed E-state index contributed by atoms with van der Waals surface area (Å²) in [5, 5.41) is 0.288. The topological polar surface area (TPSA) is 48.7 Å². The van der Waals surface area contributed by atoms with Crippen LogP contribution in [0.2, 0.25) is 5.02 Å². The molecule has 0 bridgehead atoms. The minimum atomic E-state index is -0.689. The predicted molar refractivity (Wildman–Crippen MR) is 109 cm³/mol. The van der Waals surface area contributed by atoms with Gasteiger partial charge in [-0.2, -0.15) is 0 Å². The van der Waals surface area contributed by atoms with Crippen molar-refractivity contribution in [2.75, 3.05) is 0 Å². The van der Waals surface area contributed by atoms with E-state index in [4.69, 9.17) is 25.5 Å². The molecule has 0 saturated carbocycles. The van der Waals surface area contributed by atoms with Gasteiger partial charge in [-0.3, -0.25) is 4.79 Å². The molecule has 4 aromatic rings. The number of hydrogen-bond donors (Lipinski definition) is 0. The summed E-state index contributed by atoms with van der Waals surface area (Å²) in [4.78, 5) is 12.9. The van der Waals surface area contributed by atoms with Gasteiger partial charge in [-0.25, -0.2) is 8.78 Å². The Balaban J connectivity index is 1.64. The number of rotatable bonds is 5. The van der Waals surface area contributed by atoms with Gasteiger partial charge < -0.3 is 13.9 Å². The number of fused-ring (bicyclic) bond motifs is 1. The van der Waals surface area contributed by atoms with Crippen LogP contribution in [0.1, 0.15) is 11.3 Å². The summed E-state index contributed by atoms with van der Waals surface area (Å²) in [6.07, 6.45) is 0. The van der Waals surface area contributed by atoms with Gasteiger partial charge in [0.15, 0.2) is 11.6 Å². The Bertz CT molecular complexity index is 1260. The summed E-state index contributed by atoms with van der Waals surface area (Å²) in [6.45, 7) is 1.76. The fraction of sp³-hybridized carbons (Fsp3) is 0.0870. The first-order valence-corrected chi connectivity index (χ1v) is 9.37. The molecule has 0 aliphatic carbocycles. The van der Waals surface area contributed by atoms with Crippen molar-refractivity contribution in [3.8, 4) is 17.2 Å². The molecule has 0 saturated heterocycles. The van der Waals surface area contributed by atoms with Crippen molar-refractivity contribution in [2.24, 2.45) is 0 Å². The molecule has 0 fully saturated rings. The summed E-state index contributed by atoms with van der Waals surface area (Å²) in [6, 6.07) is 14.8. The molecule has 30 heavy (non-hydrogen) atoms. The fourth-order valence-electron chi connectivity index (χ4n) is 2.91. The SMILES string of the molecule is Cc1oc2cc(OCc3ccc(F)cc3)ccc2c(=O)c1Oc1c(F)cccc1Cl. The Morgan fingerprint density at radius 1 is 1.00 bits per heavy atom. The number of aryl methyl sites for hydroxylation is 1. The van der Waals surface area contributed by atoms with Crippen LogP contribution in [-0.2, 0) is 6.61 Å². The van der Waals surface area contributed by atoms with E-state index in [2.05, 4.69) is 0 Å². The van der Waals surface area contributed by atoms with Gasteiger partial charge >= 0.3 is 0 Å². The quantitative estimate of drug-likeness (QED) is 0.369. The van der Waals surface area contributed by atoms with Crippen molar-refractivity contribution in [3.05, 3.63) is 98.9 Å². The highest BCUT2D eigenvalue weighted by Gasteiger charge is 2.18. The second kappa shape index (κ2) is 8.16. The number of para-hydroxylation sites is 1. The molecule has 0 aliphatic rings. The molecule has 0 spiro atoms. The second-order valence-corrected chi connectivity index (χ2v) is 6.95. The predicted octanol–water partition coefficient (Wildman–Crippen LogP) is 6.40. The van der Waals surface area contributed by atoms with Gasteiger partial charge in [-0.1, -0.05) is 29.8 Å². The molecule has 1 aromatic heterocycles. The minimum Gasteiger partial charge on any atom is -0.489 e. The number of hydrogen-bond acceptors (Lipinski definition) is 4. The van der Waals surface area contributed by atoms with E-state index >= 15 is 0 Å². The Morgan fingerprint density at radius 2 is 1.77 bits per heavy atom. The molecule has 0 aliphatic heterocycles. The first kappa shape index (κ1) is 19.9. The molecule has 0 N–H and O–H groups in total. The summed E-state index contributed by atoms with van der Waals surface area (Å²) >= 11 is 5.98. The number of ether oxygens (including phenoxy) is 2. The van der Waals surface area contributed by atoms with Gasteiger partial charge in [0, 0.05) is 6.07 Å². The monoisotopic (exact) mass is 428 g/mol. The molecule has 0 radical (unpaired) electrons. The van der Waals surface area contributed by atoms with Crippen LogP contribution in [-0.4, -0.2) is 0 Å². The maximum atomic E-state index is 14.0.